The second kappa shape index (κ2) is 7.71. The van der Waals surface area contributed by atoms with Crippen molar-refractivity contribution in [3.05, 3.63) is 0 Å². The molecule has 106 valence electrons. The zero-order chi connectivity index (χ0) is 13.5. The minimum Gasteiger partial charge on any atom is -0.469 e. The van der Waals surface area contributed by atoms with Gasteiger partial charge in [0.05, 0.1) is 13.0 Å². The predicted octanol–water partition coefficient (Wildman–Crippen LogP) is 1.19. The molecular weight excluding hydrogens is 236 g/mol. The molecule has 1 saturated carbocycles. The molecule has 0 radical (unpaired) electrons. The Kier molecular flexibility index (Phi) is 6.60. The number of carbonyl (C=O) groups is 1. The molecule has 0 spiro atoms. The zero-order valence-corrected chi connectivity index (χ0v) is 11.4. The van der Waals surface area contributed by atoms with Gasteiger partial charge in [-0.3, -0.25) is 4.79 Å². The van der Waals surface area contributed by atoms with Crippen LogP contribution in [0.15, 0.2) is 0 Å². The third-order valence-corrected chi connectivity index (χ3v) is 3.88. The first-order valence-corrected chi connectivity index (χ1v) is 6.43. The first-order valence-electron chi connectivity index (χ1n) is 6.43. The number of methoxy groups -OCH3 is 3. The minimum absolute atomic E-state index is 0.0478. The Morgan fingerprint density at radius 1 is 1.28 bits per heavy atom. The van der Waals surface area contributed by atoms with Crippen molar-refractivity contribution >= 4 is 5.97 Å². The Bertz CT molecular complexity index is 250. The molecular formula is C13H24O5. The van der Waals surface area contributed by atoms with Crippen LogP contribution in [0.5, 0.6) is 0 Å². The van der Waals surface area contributed by atoms with E-state index in [2.05, 4.69) is 0 Å². The number of hydrogen-bond donors (Lipinski definition) is 1. The molecule has 18 heavy (non-hydrogen) atoms. The molecule has 0 aromatic carbocycles. The summed E-state index contributed by atoms with van der Waals surface area (Å²) in [6.45, 7) is 0.120. The largest absolute Gasteiger partial charge is 0.469 e. The van der Waals surface area contributed by atoms with Crippen LogP contribution < -0.4 is 0 Å². The quantitative estimate of drug-likeness (QED) is 0.574. The number of carbonyl (C=O) groups excluding carboxylic acids is 1. The number of rotatable bonds is 6. The Labute approximate surface area is 108 Å². The standard InChI is InChI=1S/C13H24O5/c1-16-12(15)10-6-4-5-9(7-8-14)11(10)13(17-2)18-3/h9-11,13-14H,4-8H2,1-3H3/t9-,10-,11+/m0/s1. The van der Waals surface area contributed by atoms with Gasteiger partial charge in [-0.2, -0.15) is 0 Å². The maximum Gasteiger partial charge on any atom is 0.309 e. The Hall–Kier alpha value is -0.650. The molecule has 5 nitrogen and oxygen atoms in total. The van der Waals surface area contributed by atoms with E-state index in [4.69, 9.17) is 19.3 Å². The first-order chi connectivity index (χ1) is 8.69. The van der Waals surface area contributed by atoms with Gasteiger partial charge in [-0.15, -0.1) is 0 Å². The van der Waals surface area contributed by atoms with E-state index in [0.29, 0.717) is 6.42 Å². The summed E-state index contributed by atoms with van der Waals surface area (Å²) >= 11 is 0. The summed E-state index contributed by atoms with van der Waals surface area (Å²) in [6.07, 6.45) is 3.00. The molecule has 5 heteroatoms. The molecule has 1 aliphatic carbocycles. The number of hydrogen-bond acceptors (Lipinski definition) is 5. The molecule has 0 heterocycles. The van der Waals surface area contributed by atoms with Crippen LogP contribution in [0.1, 0.15) is 25.7 Å². The van der Waals surface area contributed by atoms with Crippen LogP contribution in [0.3, 0.4) is 0 Å². The van der Waals surface area contributed by atoms with Crippen molar-refractivity contribution < 1.29 is 24.1 Å². The fourth-order valence-corrected chi connectivity index (χ4v) is 3.06. The fourth-order valence-electron chi connectivity index (χ4n) is 3.06. The van der Waals surface area contributed by atoms with Crippen molar-refractivity contribution in [3.8, 4) is 0 Å². The molecule has 1 aliphatic rings. The number of aliphatic hydroxyl groups excluding tert-OH is 1. The topological polar surface area (TPSA) is 65.0 Å². The maximum atomic E-state index is 11.9. The van der Waals surface area contributed by atoms with Gasteiger partial charge in [0.2, 0.25) is 0 Å². The van der Waals surface area contributed by atoms with Crippen molar-refractivity contribution in [1.82, 2.24) is 0 Å². The van der Waals surface area contributed by atoms with Crippen molar-refractivity contribution in [2.24, 2.45) is 17.8 Å². The van der Waals surface area contributed by atoms with Gasteiger partial charge in [0.25, 0.3) is 0 Å². The summed E-state index contributed by atoms with van der Waals surface area (Å²) in [6, 6.07) is 0. The zero-order valence-electron chi connectivity index (χ0n) is 11.4. The minimum atomic E-state index is -0.425. The van der Waals surface area contributed by atoms with E-state index in [-0.39, 0.29) is 30.3 Å². The average molecular weight is 260 g/mol. The molecule has 0 saturated heterocycles. The second-order valence-corrected chi connectivity index (χ2v) is 4.75. The van der Waals surface area contributed by atoms with E-state index >= 15 is 0 Å². The van der Waals surface area contributed by atoms with E-state index in [9.17, 15) is 4.79 Å². The predicted molar refractivity (Wildman–Crippen MR) is 65.8 cm³/mol. The summed E-state index contributed by atoms with van der Waals surface area (Å²) in [5.74, 6) is -0.224. The summed E-state index contributed by atoms with van der Waals surface area (Å²) in [7, 11) is 4.56. The van der Waals surface area contributed by atoms with Gasteiger partial charge >= 0.3 is 5.97 Å². The van der Waals surface area contributed by atoms with Crippen molar-refractivity contribution in [2.75, 3.05) is 27.9 Å². The van der Waals surface area contributed by atoms with E-state index in [0.717, 1.165) is 19.3 Å². The molecule has 1 N–H and O–H groups in total. The van der Waals surface area contributed by atoms with Crippen LogP contribution in [0, 0.1) is 17.8 Å². The smallest absolute Gasteiger partial charge is 0.309 e. The van der Waals surface area contributed by atoms with Gasteiger partial charge in [-0.05, 0) is 25.2 Å². The average Bonchev–Trinajstić information content (AvgIpc) is 2.41. The van der Waals surface area contributed by atoms with E-state index in [1.165, 1.54) is 7.11 Å². The molecule has 0 aromatic rings. The highest BCUT2D eigenvalue weighted by Gasteiger charge is 2.42. The molecule has 0 amide bonds. The highest BCUT2D eigenvalue weighted by atomic mass is 16.7. The molecule has 1 rings (SSSR count). The van der Waals surface area contributed by atoms with Crippen LogP contribution in [0.25, 0.3) is 0 Å². The molecule has 0 bridgehead atoms. The number of ether oxygens (including phenoxy) is 3. The van der Waals surface area contributed by atoms with Crippen molar-refractivity contribution in [1.29, 1.82) is 0 Å². The van der Waals surface area contributed by atoms with Crippen LogP contribution in [0.2, 0.25) is 0 Å². The lowest BCUT2D eigenvalue weighted by Gasteiger charge is -2.39. The summed E-state index contributed by atoms with van der Waals surface area (Å²) in [5.41, 5.74) is 0. The number of aliphatic hydroxyl groups is 1. The van der Waals surface area contributed by atoms with E-state index in [1.807, 2.05) is 0 Å². The van der Waals surface area contributed by atoms with Gasteiger partial charge in [0.1, 0.15) is 0 Å². The van der Waals surface area contributed by atoms with E-state index < -0.39 is 6.29 Å². The SMILES string of the molecule is COC(=O)[C@H]1CCC[C@@H](CCO)[C@H]1C(OC)OC. The molecule has 0 unspecified atom stereocenters. The Morgan fingerprint density at radius 3 is 2.44 bits per heavy atom. The van der Waals surface area contributed by atoms with Gasteiger partial charge in [0.15, 0.2) is 6.29 Å². The summed E-state index contributed by atoms with van der Waals surface area (Å²) < 4.78 is 15.5. The first kappa shape index (κ1) is 15.4. The highest BCUT2D eigenvalue weighted by Crippen LogP contribution is 2.40. The maximum absolute atomic E-state index is 11.9. The third kappa shape index (κ3) is 3.43. The van der Waals surface area contributed by atoms with Crippen LogP contribution in [0.4, 0.5) is 0 Å². The fraction of sp³-hybridized carbons (Fsp3) is 0.923. The molecule has 1 fully saturated rings. The Morgan fingerprint density at radius 2 is 1.94 bits per heavy atom. The van der Waals surface area contributed by atoms with Crippen molar-refractivity contribution in [3.63, 3.8) is 0 Å². The normalized spacial score (nSPS) is 28.4. The highest BCUT2D eigenvalue weighted by molar-refractivity contribution is 5.72. The second-order valence-electron chi connectivity index (χ2n) is 4.75. The van der Waals surface area contributed by atoms with Gasteiger partial charge in [-0.25, -0.2) is 0 Å². The van der Waals surface area contributed by atoms with Crippen molar-refractivity contribution in [2.45, 2.75) is 32.0 Å². The van der Waals surface area contributed by atoms with Crippen LogP contribution in [-0.4, -0.2) is 45.3 Å². The third-order valence-electron chi connectivity index (χ3n) is 3.88. The van der Waals surface area contributed by atoms with Gasteiger partial charge in [0, 0.05) is 26.7 Å². The molecule has 0 aromatic heterocycles. The number of esters is 1. The van der Waals surface area contributed by atoms with Gasteiger partial charge < -0.3 is 19.3 Å². The lowest BCUT2D eigenvalue weighted by atomic mass is 9.70. The molecule has 3 atom stereocenters. The monoisotopic (exact) mass is 260 g/mol. The van der Waals surface area contributed by atoms with Crippen LogP contribution in [-0.2, 0) is 19.0 Å². The van der Waals surface area contributed by atoms with Gasteiger partial charge in [-0.1, -0.05) is 6.42 Å². The van der Waals surface area contributed by atoms with E-state index in [1.54, 1.807) is 14.2 Å². The van der Waals surface area contributed by atoms with Crippen LogP contribution >= 0.6 is 0 Å². The summed E-state index contributed by atoms with van der Waals surface area (Å²) in [4.78, 5) is 11.9. The molecule has 0 aliphatic heterocycles. The lowest BCUT2D eigenvalue weighted by molar-refractivity contribution is -0.185. The lowest BCUT2D eigenvalue weighted by Crippen LogP contribution is -2.43. The Balaban J connectivity index is 2.88. The summed E-state index contributed by atoms with van der Waals surface area (Å²) in [5, 5.41) is 9.15.